The molecule has 1 N–H and O–H groups in total. The summed E-state index contributed by atoms with van der Waals surface area (Å²) in [6.45, 7) is 0.735. The van der Waals surface area contributed by atoms with Gasteiger partial charge in [0.05, 0.1) is 0 Å². The second-order valence-electron chi connectivity index (χ2n) is 10.3. The summed E-state index contributed by atoms with van der Waals surface area (Å²) in [4.78, 5) is 15.4. The third-order valence-electron chi connectivity index (χ3n) is 8.19. The minimum Gasteiger partial charge on any atom is -0.376 e. The molecule has 1 amide bonds. The highest BCUT2D eigenvalue weighted by atomic mass is 19.4. The molecule has 2 aromatic rings. The predicted octanol–water partition coefficient (Wildman–Crippen LogP) is 5.89. The van der Waals surface area contributed by atoms with E-state index < -0.39 is 11.8 Å². The molecule has 2 fully saturated rings. The smallest absolute Gasteiger partial charge is 0.376 e. The van der Waals surface area contributed by atoms with Crippen LogP contribution in [0.3, 0.4) is 0 Å². The fourth-order valence-electron chi connectivity index (χ4n) is 5.95. The molecule has 2 aromatic carbocycles. The van der Waals surface area contributed by atoms with Crippen molar-refractivity contribution in [2.75, 3.05) is 0 Å². The van der Waals surface area contributed by atoms with Gasteiger partial charge in [0.25, 0.3) is 5.91 Å². The standard InChI is InChI=1S/C27H30F3NO2/c1-25(33,27(28,29)30)20-8-6-19(7-9-20)24(32)31(21-10-11-21)22-13-16-26(17-14-22)15-12-18-4-2-3-5-23(18)26/h2-9,21-22,33H,10-17H2,1H3/t22-,25-,26+/m0/s1. The summed E-state index contributed by atoms with van der Waals surface area (Å²) < 4.78 is 39.5. The van der Waals surface area contributed by atoms with Crippen molar-refractivity contribution in [3.05, 3.63) is 70.8 Å². The maximum atomic E-state index is 13.4. The van der Waals surface area contributed by atoms with E-state index in [-0.39, 0.29) is 29.0 Å². The molecule has 2 saturated carbocycles. The highest BCUT2D eigenvalue weighted by Gasteiger charge is 2.51. The highest BCUT2D eigenvalue weighted by Crippen LogP contribution is 2.50. The number of hydrogen-bond acceptors (Lipinski definition) is 2. The second kappa shape index (κ2) is 7.86. The number of aliphatic hydroxyl groups is 1. The first-order valence-electron chi connectivity index (χ1n) is 11.9. The molecule has 6 heteroatoms. The summed E-state index contributed by atoms with van der Waals surface area (Å²) in [5.74, 6) is -0.108. The Labute approximate surface area is 192 Å². The van der Waals surface area contributed by atoms with Crippen LogP contribution in [0, 0.1) is 0 Å². The van der Waals surface area contributed by atoms with Gasteiger partial charge in [0.1, 0.15) is 0 Å². The Morgan fingerprint density at radius 1 is 0.939 bits per heavy atom. The van der Waals surface area contributed by atoms with Crippen LogP contribution >= 0.6 is 0 Å². The van der Waals surface area contributed by atoms with Crippen LogP contribution in [0.1, 0.15) is 78.9 Å². The van der Waals surface area contributed by atoms with Crippen molar-refractivity contribution in [1.29, 1.82) is 0 Å². The first-order valence-corrected chi connectivity index (χ1v) is 11.9. The van der Waals surface area contributed by atoms with E-state index in [1.165, 1.54) is 41.8 Å². The van der Waals surface area contributed by atoms with E-state index in [1.807, 2.05) is 4.90 Å². The van der Waals surface area contributed by atoms with E-state index in [9.17, 15) is 23.1 Å². The van der Waals surface area contributed by atoms with E-state index in [0.29, 0.717) is 5.56 Å². The molecule has 0 radical (unpaired) electrons. The zero-order valence-electron chi connectivity index (χ0n) is 18.9. The van der Waals surface area contributed by atoms with Gasteiger partial charge in [-0.3, -0.25) is 4.79 Å². The van der Waals surface area contributed by atoms with Crippen molar-refractivity contribution in [3.8, 4) is 0 Å². The zero-order chi connectivity index (χ0) is 23.4. The summed E-state index contributed by atoms with van der Waals surface area (Å²) in [5.41, 5.74) is 0.357. The lowest BCUT2D eigenvalue weighted by atomic mass is 9.68. The molecule has 3 nitrogen and oxygen atoms in total. The van der Waals surface area contributed by atoms with Crippen LogP contribution < -0.4 is 0 Å². The number of carbonyl (C=O) groups excluding carboxylic acids is 1. The molecule has 0 aliphatic heterocycles. The number of nitrogens with zero attached hydrogens (tertiary/aromatic N) is 1. The molecule has 1 spiro atoms. The van der Waals surface area contributed by atoms with Gasteiger partial charge in [0.15, 0.2) is 5.60 Å². The topological polar surface area (TPSA) is 40.5 Å². The Hall–Kier alpha value is -2.34. The number of carbonyl (C=O) groups is 1. The van der Waals surface area contributed by atoms with Gasteiger partial charge in [-0.15, -0.1) is 0 Å². The van der Waals surface area contributed by atoms with Gasteiger partial charge < -0.3 is 10.0 Å². The van der Waals surface area contributed by atoms with Gasteiger partial charge in [-0.1, -0.05) is 36.4 Å². The summed E-state index contributed by atoms with van der Waals surface area (Å²) in [6, 6.07) is 14.4. The van der Waals surface area contributed by atoms with Gasteiger partial charge in [0, 0.05) is 17.6 Å². The van der Waals surface area contributed by atoms with Crippen LogP contribution in [0.15, 0.2) is 48.5 Å². The van der Waals surface area contributed by atoms with Crippen molar-refractivity contribution in [3.63, 3.8) is 0 Å². The van der Waals surface area contributed by atoms with Crippen LogP contribution in [0.25, 0.3) is 0 Å². The molecule has 0 aromatic heterocycles. The fourth-order valence-corrected chi connectivity index (χ4v) is 5.95. The van der Waals surface area contributed by atoms with Crippen LogP contribution in [-0.2, 0) is 17.4 Å². The summed E-state index contributed by atoms with van der Waals surface area (Å²) in [7, 11) is 0. The lowest BCUT2D eigenvalue weighted by molar-refractivity contribution is -0.258. The molecule has 0 bridgehead atoms. The molecule has 3 aliphatic carbocycles. The summed E-state index contributed by atoms with van der Waals surface area (Å²) >= 11 is 0. The zero-order valence-corrected chi connectivity index (χ0v) is 18.9. The Kier molecular flexibility index (Phi) is 5.35. The van der Waals surface area contributed by atoms with Crippen LogP contribution in [-0.4, -0.2) is 34.2 Å². The Balaban J connectivity index is 1.32. The quantitative estimate of drug-likeness (QED) is 0.622. The predicted molar refractivity (Wildman–Crippen MR) is 120 cm³/mol. The Bertz CT molecular complexity index is 1030. The number of benzene rings is 2. The lowest BCUT2D eigenvalue weighted by Gasteiger charge is -2.42. The number of amides is 1. The molecule has 3 aliphatic rings. The van der Waals surface area contributed by atoms with Crippen LogP contribution in [0.2, 0.25) is 0 Å². The van der Waals surface area contributed by atoms with E-state index >= 15 is 0 Å². The number of alkyl halides is 3. The maximum absolute atomic E-state index is 13.4. The monoisotopic (exact) mass is 457 g/mol. The number of aryl methyl sites for hydroxylation is 1. The van der Waals surface area contributed by atoms with Crippen molar-refractivity contribution in [2.24, 2.45) is 0 Å². The molecule has 1 atom stereocenters. The number of hydrogen-bond donors (Lipinski definition) is 1. The van der Waals surface area contributed by atoms with Gasteiger partial charge in [-0.2, -0.15) is 13.2 Å². The first kappa shape index (κ1) is 22.5. The minimum absolute atomic E-state index is 0.108. The van der Waals surface area contributed by atoms with Crippen molar-refractivity contribution in [2.45, 2.75) is 87.6 Å². The lowest BCUT2D eigenvalue weighted by Crippen LogP contribution is -2.46. The SMILES string of the molecule is C[C@](O)(c1ccc(C(=O)N(C2CC2)[C@H]2CC[C@]3(CCc4ccccc43)CC2)cc1)C(F)(F)F. The Morgan fingerprint density at radius 2 is 1.55 bits per heavy atom. The van der Waals surface area contributed by atoms with Gasteiger partial charge in [-0.25, -0.2) is 0 Å². The second-order valence-corrected chi connectivity index (χ2v) is 10.3. The van der Waals surface area contributed by atoms with Crippen molar-refractivity contribution < 1.29 is 23.1 Å². The minimum atomic E-state index is -4.78. The number of fused-ring (bicyclic) bond motifs is 2. The molecule has 33 heavy (non-hydrogen) atoms. The van der Waals surface area contributed by atoms with Crippen LogP contribution in [0.4, 0.5) is 13.2 Å². The van der Waals surface area contributed by atoms with Gasteiger partial charge in [-0.05, 0) is 92.5 Å². The molecular weight excluding hydrogens is 427 g/mol. The third kappa shape index (κ3) is 3.86. The third-order valence-corrected chi connectivity index (χ3v) is 8.19. The van der Waals surface area contributed by atoms with E-state index in [0.717, 1.165) is 51.9 Å². The normalized spacial score (nSPS) is 26.6. The first-order chi connectivity index (χ1) is 15.6. The molecule has 0 saturated heterocycles. The summed E-state index contributed by atoms with van der Waals surface area (Å²) in [5, 5.41) is 9.91. The van der Waals surface area contributed by atoms with E-state index in [4.69, 9.17) is 0 Å². The van der Waals surface area contributed by atoms with Crippen molar-refractivity contribution in [1.82, 2.24) is 4.90 Å². The molecule has 0 heterocycles. The van der Waals surface area contributed by atoms with E-state index in [2.05, 4.69) is 24.3 Å². The van der Waals surface area contributed by atoms with Crippen LogP contribution in [0.5, 0.6) is 0 Å². The van der Waals surface area contributed by atoms with Gasteiger partial charge in [0.2, 0.25) is 0 Å². The average Bonchev–Trinajstić information content (AvgIpc) is 3.57. The van der Waals surface area contributed by atoms with Crippen molar-refractivity contribution >= 4 is 5.91 Å². The molecular formula is C27H30F3NO2. The maximum Gasteiger partial charge on any atom is 0.421 e. The molecule has 5 rings (SSSR count). The Morgan fingerprint density at radius 3 is 2.15 bits per heavy atom. The van der Waals surface area contributed by atoms with Gasteiger partial charge >= 0.3 is 6.18 Å². The number of halogens is 3. The largest absolute Gasteiger partial charge is 0.421 e. The average molecular weight is 458 g/mol. The highest BCUT2D eigenvalue weighted by molar-refractivity contribution is 5.95. The molecule has 176 valence electrons. The fraction of sp³-hybridized carbons (Fsp3) is 0.519. The number of rotatable bonds is 4. The molecule has 0 unspecified atom stereocenters. The summed E-state index contributed by atoms with van der Waals surface area (Å²) in [6.07, 6.45) is 3.53. The van der Waals surface area contributed by atoms with E-state index in [1.54, 1.807) is 0 Å².